The monoisotopic (exact) mass is 390 g/mol. The number of rotatable bonds is 6. The molecule has 0 spiro atoms. The molecule has 0 radical (unpaired) electrons. The summed E-state index contributed by atoms with van der Waals surface area (Å²) in [6.07, 6.45) is 4.90. The molecular weight excluding hydrogens is 371 g/mol. The predicted octanol–water partition coefficient (Wildman–Crippen LogP) is 2.76. The second kappa shape index (κ2) is 8.05. The Morgan fingerprint density at radius 1 is 1.17 bits per heavy atom. The number of hydrogen-bond acceptors (Lipinski definition) is 4. The summed E-state index contributed by atoms with van der Waals surface area (Å²) in [6.45, 7) is 2.10. The first-order valence-electron chi connectivity index (χ1n) is 9.12. The van der Waals surface area contributed by atoms with Crippen LogP contribution in [-0.4, -0.2) is 30.5 Å². The quantitative estimate of drug-likeness (QED) is 0.549. The number of halogens is 1. The van der Waals surface area contributed by atoms with Crippen LogP contribution in [0, 0.1) is 12.7 Å². The van der Waals surface area contributed by atoms with Crippen LogP contribution in [0.3, 0.4) is 0 Å². The van der Waals surface area contributed by atoms with Crippen LogP contribution >= 0.6 is 0 Å². The molecule has 7 nitrogen and oxygen atoms in total. The molecule has 8 heteroatoms. The zero-order valence-corrected chi connectivity index (χ0v) is 15.8. The van der Waals surface area contributed by atoms with Crippen LogP contribution in [0.5, 0.6) is 0 Å². The van der Waals surface area contributed by atoms with Gasteiger partial charge in [0.15, 0.2) is 0 Å². The summed E-state index contributed by atoms with van der Waals surface area (Å²) in [5.41, 5.74) is 3.38. The number of amides is 1. The van der Waals surface area contributed by atoms with Crippen molar-refractivity contribution in [2.45, 2.75) is 19.9 Å². The topological polar surface area (TPSA) is 77.6 Å². The Kier molecular flexibility index (Phi) is 5.15. The molecule has 0 saturated heterocycles. The number of nitrogens with one attached hydrogen (secondary N) is 1. The van der Waals surface area contributed by atoms with Gasteiger partial charge in [-0.3, -0.25) is 4.79 Å². The number of aromatic nitrogens is 5. The van der Waals surface area contributed by atoms with Gasteiger partial charge in [0, 0.05) is 18.9 Å². The van der Waals surface area contributed by atoms with Crippen molar-refractivity contribution in [2.24, 2.45) is 0 Å². The minimum absolute atomic E-state index is 0.105. The molecule has 2 heterocycles. The lowest BCUT2D eigenvalue weighted by Crippen LogP contribution is -2.25. The van der Waals surface area contributed by atoms with Gasteiger partial charge in [-0.2, -0.15) is 0 Å². The lowest BCUT2D eigenvalue weighted by molar-refractivity contribution is -0.120. The zero-order chi connectivity index (χ0) is 20.2. The van der Waals surface area contributed by atoms with Gasteiger partial charge in [0.25, 0.3) is 0 Å². The van der Waals surface area contributed by atoms with Crippen molar-refractivity contribution in [3.05, 3.63) is 90.0 Å². The second-order valence-corrected chi connectivity index (χ2v) is 6.58. The van der Waals surface area contributed by atoms with Crippen molar-refractivity contribution in [1.82, 2.24) is 29.9 Å². The molecule has 1 amide bonds. The van der Waals surface area contributed by atoms with E-state index in [0.717, 1.165) is 11.4 Å². The molecule has 0 atom stereocenters. The van der Waals surface area contributed by atoms with E-state index in [0.29, 0.717) is 16.9 Å². The summed E-state index contributed by atoms with van der Waals surface area (Å²) in [5.74, 6) is -0.580. The van der Waals surface area contributed by atoms with Gasteiger partial charge in [0.1, 0.15) is 5.82 Å². The first-order chi connectivity index (χ1) is 14.1. The fourth-order valence-corrected chi connectivity index (χ4v) is 3.02. The Labute approximate surface area is 166 Å². The van der Waals surface area contributed by atoms with E-state index in [1.54, 1.807) is 33.8 Å². The van der Waals surface area contributed by atoms with Crippen molar-refractivity contribution in [3.63, 3.8) is 0 Å². The number of hydrogen-bond donors (Lipinski definition) is 1. The third-order valence-corrected chi connectivity index (χ3v) is 4.60. The van der Waals surface area contributed by atoms with Crippen LogP contribution in [0.4, 0.5) is 4.39 Å². The van der Waals surface area contributed by atoms with E-state index < -0.39 is 0 Å². The van der Waals surface area contributed by atoms with Gasteiger partial charge in [-0.1, -0.05) is 29.5 Å². The van der Waals surface area contributed by atoms with Crippen molar-refractivity contribution in [1.29, 1.82) is 0 Å². The van der Waals surface area contributed by atoms with Crippen LogP contribution < -0.4 is 5.32 Å². The van der Waals surface area contributed by atoms with E-state index >= 15 is 0 Å². The summed E-state index contributed by atoms with van der Waals surface area (Å²) in [7, 11) is 0. The Bertz CT molecular complexity index is 1120. The smallest absolute Gasteiger partial charge is 0.226 e. The van der Waals surface area contributed by atoms with Gasteiger partial charge in [-0.15, -0.1) is 5.10 Å². The molecule has 0 aliphatic heterocycles. The average Bonchev–Trinajstić information content (AvgIpc) is 3.38. The van der Waals surface area contributed by atoms with Crippen LogP contribution in [-0.2, 0) is 17.8 Å². The molecule has 2 aromatic heterocycles. The molecule has 0 saturated carbocycles. The van der Waals surface area contributed by atoms with Crippen molar-refractivity contribution in [3.8, 4) is 11.4 Å². The number of carbonyl (C=O) groups is 1. The lowest BCUT2D eigenvalue weighted by atomic mass is 10.2. The molecule has 0 aliphatic carbocycles. The molecule has 4 aromatic rings. The van der Waals surface area contributed by atoms with Crippen molar-refractivity contribution in [2.75, 3.05) is 0 Å². The van der Waals surface area contributed by atoms with Gasteiger partial charge in [-0.05, 0) is 36.8 Å². The second-order valence-electron chi connectivity index (χ2n) is 6.58. The standard InChI is InChI=1S/C21H19FN6O/c1-15-19(25-26-28(15)17-5-3-2-4-6-17)12-21(29)24-13-16-7-8-20(18(22)11-16)27-10-9-23-14-27/h2-11,14H,12-13H2,1H3,(H,24,29). The van der Waals surface area contributed by atoms with E-state index in [1.807, 2.05) is 37.3 Å². The highest BCUT2D eigenvalue weighted by atomic mass is 19.1. The Hall–Kier alpha value is -3.81. The van der Waals surface area contributed by atoms with Gasteiger partial charge in [0.05, 0.1) is 35.5 Å². The molecular formula is C21H19FN6O. The molecule has 146 valence electrons. The highest BCUT2D eigenvalue weighted by Crippen LogP contribution is 2.15. The van der Waals surface area contributed by atoms with E-state index in [4.69, 9.17) is 0 Å². The number of benzene rings is 2. The first kappa shape index (κ1) is 18.5. The van der Waals surface area contributed by atoms with Crippen molar-refractivity contribution < 1.29 is 9.18 Å². The van der Waals surface area contributed by atoms with Crippen LogP contribution in [0.25, 0.3) is 11.4 Å². The molecule has 2 aromatic carbocycles. The fourth-order valence-electron chi connectivity index (χ4n) is 3.02. The summed E-state index contributed by atoms with van der Waals surface area (Å²) >= 11 is 0. The fraction of sp³-hybridized carbons (Fsp3) is 0.143. The molecule has 0 unspecified atom stereocenters. The molecule has 29 heavy (non-hydrogen) atoms. The first-order valence-corrected chi connectivity index (χ1v) is 9.12. The maximum Gasteiger partial charge on any atom is 0.226 e. The van der Waals surface area contributed by atoms with Gasteiger partial charge in [0.2, 0.25) is 5.91 Å². The maximum absolute atomic E-state index is 14.3. The van der Waals surface area contributed by atoms with Crippen LogP contribution in [0.15, 0.2) is 67.3 Å². The Morgan fingerprint density at radius 3 is 2.72 bits per heavy atom. The molecule has 0 fully saturated rings. The molecule has 1 N–H and O–H groups in total. The average molecular weight is 390 g/mol. The molecule has 0 bridgehead atoms. The number of imidazole rings is 1. The van der Waals surface area contributed by atoms with E-state index in [-0.39, 0.29) is 24.7 Å². The predicted molar refractivity (Wildman–Crippen MR) is 105 cm³/mol. The molecule has 0 aliphatic rings. The minimum Gasteiger partial charge on any atom is -0.352 e. The largest absolute Gasteiger partial charge is 0.352 e. The summed E-state index contributed by atoms with van der Waals surface area (Å²) in [6, 6.07) is 14.5. The van der Waals surface area contributed by atoms with Crippen molar-refractivity contribution >= 4 is 5.91 Å². The van der Waals surface area contributed by atoms with Gasteiger partial charge in [-0.25, -0.2) is 14.1 Å². The van der Waals surface area contributed by atoms with Gasteiger partial charge < -0.3 is 9.88 Å². The van der Waals surface area contributed by atoms with E-state index in [1.165, 1.54) is 12.4 Å². The maximum atomic E-state index is 14.3. The SMILES string of the molecule is Cc1c(CC(=O)NCc2ccc(-n3ccnc3)c(F)c2)nnn1-c1ccccc1. The van der Waals surface area contributed by atoms with Gasteiger partial charge >= 0.3 is 0 Å². The Balaban J connectivity index is 1.39. The number of para-hydroxylation sites is 1. The third kappa shape index (κ3) is 4.06. The highest BCUT2D eigenvalue weighted by molar-refractivity contribution is 5.78. The third-order valence-electron chi connectivity index (χ3n) is 4.60. The van der Waals surface area contributed by atoms with E-state index in [9.17, 15) is 9.18 Å². The highest BCUT2D eigenvalue weighted by Gasteiger charge is 2.14. The van der Waals surface area contributed by atoms with E-state index in [2.05, 4.69) is 20.6 Å². The Morgan fingerprint density at radius 2 is 2.00 bits per heavy atom. The zero-order valence-electron chi connectivity index (χ0n) is 15.8. The molecule has 4 rings (SSSR count). The summed E-state index contributed by atoms with van der Waals surface area (Å²) in [4.78, 5) is 16.2. The van der Waals surface area contributed by atoms with Crippen LogP contribution in [0.1, 0.15) is 17.0 Å². The summed E-state index contributed by atoms with van der Waals surface area (Å²) in [5, 5.41) is 11.1. The summed E-state index contributed by atoms with van der Waals surface area (Å²) < 4.78 is 17.6. The number of nitrogens with zero attached hydrogens (tertiary/aromatic N) is 5. The normalized spacial score (nSPS) is 10.8. The lowest BCUT2D eigenvalue weighted by Gasteiger charge is -2.08. The number of carbonyl (C=O) groups excluding carboxylic acids is 1. The van der Waals surface area contributed by atoms with Crippen LogP contribution in [0.2, 0.25) is 0 Å². The minimum atomic E-state index is -0.378.